The van der Waals surface area contributed by atoms with Gasteiger partial charge in [-0.2, -0.15) is 0 Å². The first-order valence-corrected chi connectivity index (χ1v) is 6.71. The molecule has 1 atom stereocenters. The molecule has 19 heavy (non-hydrogen) atoms. The van der Waals surface area contributed by atoms with E-state index in [1.807, 2.05) is 43.0 Å². The highest BCUT2D eigenvalue weighted by atomic mass is 16.3. The van der Waals surface area contributed by atoms with Crippen molar-refractivity contribution in [2.24, 2.45) is 5.92 Å². The molecule has 0 radical (unpaired) electrons. The number of carbonyl (C=O) groups is 1. The molecule has 1 aliphatic rings. The molecule has 1 unspecified atom stereocenters. The summed E-state index contributed by atoms with van der Waals surface area (Å²) in [5.41, 5.74) is 6.80. The lowest BCUT2D eigenvalue weighted by molar-refractivity contribution is -0.135. The van der Waals surface area contributed by atoms with Crippen molar-refractivity contribution in [3.8, 4) is 0 Å². The number of amides is 1. The Kier molecular flexibility index (Phi) is 3.80. The van der Waals surface area contributed by atoms with Crippen LogP contribution < -0.4 is 5.73 Å². The fourth-order valence-corrected chi connectivity index (χ4v) is 2.58. The fourth-order valence-electron chi connectivity index (χ4n) is 2.58. The Morgan fingerprint density at radius 3 is 2.58 bits per heavy atom. The number of hydrogen-bond donors (Lipinski definition) is 2. The second-order valence-electron chi connectivity index (χ2n) is 5.84. The van der Waals surface area contributed by atoms with Gasteiger partial charge >= 0.3 is 0 Å². The molecule has 1 aromatic rings. The summed E-state index contributed by atoms with van der Waals surface area (Å²) in [6, 6.07) is 7.47. The molecule has 4 heteroatoms. The van der Waals surface area contributed by atoms with Gasteiger partial charge in [0.05, 0.1) is 5.41 Å². The van der Waals surface area contributed by atoms with Gasteiger partial charge in [-0.1, -0.05) is 12.1 Å². The zero-order valence-corrected chi connectivity index (χ0v) is 11.6. The van der Waals surface area contributed by atoms with Crippen molar-refractivity contribution in [3.05, 3.63) is 29.8 Å². The molecule has 1 heterocycles. The summed E-state index contributed by atoms with van der Waals surface area (Å²) in [6.45, 7) is 5.43. The number of hydrogen-bond acceptors (Lipinski definition) is 3. The van der Waals surface area contributed by atoms with Crippen LogP contribution in [0.15, 0.2) is 24.3 Å². The fraction of sp³-hybridized carbons (Fsp3) is 0.533. The van der Waals surface area contributed by atoms with E-state index in [0.29, 0.717) is 12.2 Å². The van der Waals surface area contributed by atoms with Crippen molar-refractivity contribution in [3.63, 3.8) is 0 Å². The number of rotatable bonds is 3. The highest BCUT2D eigenvalue weighted by Crippen LogP contribution is 2.29. The minimum atomic E-state index is -0.557. The first-order chi connectivity index (χ1) is 8.95. The van der Waals surface area contributed by atoms with E-state index in [-0.39, 0.29) is 18.4 Å². The number of nitrogen functional groups attached to an aromatic ring is 1. The van der Waals surface area contributed by atoms with Gasteiger partial charge in [-0.15, -0.1) is 0 Å². The molecule has 1 fully saturated rings. The van der Waals surface area contributed by atoms with Crippen LogP contribution in [0.25, 0.3) is 0 Å². The topological polar surface area (TPSA) is 66.6 Å². The van der Waals surface area contributed by atoms with E-state index in [9.17, 15) is 4.79 Å². The monoisotopic (exact) mass is 262 g/mol. The first kappa shape index (κ1) is 13.9. The number of likely N-dealkylation sites (tertiary alicyclic amines) is 1. The van der Waals surface area contributed by atoms with Crippen molar-refractivity contribution in [2.45, 2.75) is 25.7 Å². The van der Waals surface area contributed by atoms with Crippen LogP contribution in [0.3, 0.4) is 0 Å². The Hall–Kier alpha value is -1.55. The van der Waals surface area contributed by atoms with E-state index in [1.54, 1.807) is 0 Å². The minimum Gasteiger partial charge on any atom is -0.399 e. The summed E-state index contributed by atoms with van der Waals surface area (Å²) in [4.78, 5) is 14.5. The van der Waals surface area contributed by atoms with Crippen LogP contribution in [-0.4, -0.2) is 35.6 Å². The molecule has 4 nitrogen and oxygen atoms in total. The lowest BCUT2D eigenvalue weighted by atomic mass is 9.83. The van der Waals surface area contributed by atoms with E-state index in [2.05, 4.69) is 0 Å². The highest BCUT2D eigenvalue weighted by molar-refractivity contribution is 5.87. The maximum atomic E-state index is 12.6. The van der Waals surface area contributed by atoms with Crippen LogP contribution in [0.2, 0.25) is 0 Å². The van der Waals surface area contributed by atoms with E-state index in [1.165, 1.54) is 0 Å². The van der Waals surface area contributed by atoms with E-state index < -0.39 is 5.41 Å². The summed E-state index contributed by atoms with van der Waals surface area (Å²) in [5, 5.41) is 9.16. The SMILES string of the molecule is CC(C)(C(=O)N1CCC(CO)C1)c1ccc(N)cc1. The van der Waals surface area contributed by atoms with Gasteiger partial charge in [0.2, 0.25) is 5.91 Å². The third-order valence-corrected chi connectivity index (χ3v) is 4.00. The van der Waals surface area contributed by atoms with E-state index >= 15 is 0 Å². The van der Waals surface area contributed by atoms with Crippen molar-refractivity contribution in [1.29, 1.82) is 0 Å². The van der Waals surface area contributed by atoms with Crippen molar-refractivity contribution < 1.29 is 9.90 Å². The second kappa shape index (κ2) is 5.21. The smallest absolute Gasteiger partial charge is 0.232 e. The molecule has 1 aromatic carbocycles. The third kappa shape index (κ3) is 2.73. The van der Waals surface area contributed by atoms with Crippen molar-refractivity contribution in [1.82, 2.24) is 4.90 Å². The predicted molar refractivity (Wildman–Crippen MR) is 75.7 cm³/mol. The predicted octanol–water partition coefficient (Wildman–Crippen LogP) is 1.39. The molecule has 2 rings (SSSR count). The Morgan fingerprint density at radius 1 is 1.42 bits per heavy atom. The van der Waals surface area contributed by atoms with Gasteiger partial charge in [-0.05, 0) is 38.0 Å². The van der Waals surface area contributed by atoms with Crippen LogP contribution in [0.5, 0.6) is 0 Å². The van der Waals surface area contributed by atoms with Crippen LogP contribution in [-0.2, 0) is 10.2 Å². The Labute approximate surface area is 114 Å². The minimum absolute atomic E-state index is 0.119. The second-order valence-corrected chi connectivity index (χ2v) is 5.84. The maximum Gasteiger partial charge on any atom is 0.232 e. The molecule has 1 amide bonds. The zero-order valence-electron chi connectivity index (χ0n) is 11.6. The lowest BCUT2D eigenvalue weighted by Gasteiger charge is -2.30. The van der Waals surface area contributed by atoms with Gasteiger partial charge in [-0.3, -0.25) is 4.79 Å². The lowest BCUT2D eigenvalue weighted by Crippen LogP contribution is -2.42. The van der Waals surface area contributed by atoms with Crippen molar-refractivity contribution >= 4 is 11.6 Å². The number of aliphatic hydroxyl groups excluding tert-OH is 1. The highest BCUT2D eigenvalue weighted by Gasteiger charge is 2.36. The van der Waals surface area contributed by atoms with E-state index in [0.717, 1.165) is 18.5 Å². The maximum absolute atomic E-state index is 12.6. The average Bonchev–Trinajstić information content (AvgIpc) is 2.87. The van der Waals surface area contributed by atoms with Crippen LogP contribution in [0.1, 0.15) is 25.8 Å². The average molecular weight is 262 g/mol. The number of benzene rings is 1. The normalized spacial score (nSPS) is 19.7. The summed E-state index contributed by atoms with van der Waals surface area (Å²) in [7, 11) is 0. The summed E-state index contributed by atoms with van der Waals surface area (Å²) < 4.78 is 0. The number of anilines is 1. The molecule has 0 aromatic heterocycles. The molecule has 1 aliphatic heterocycles. The first-order valence-electron chi connectivity index (χ1n) is 6.71. The van der Waals surface area contributed by atoms with Crippen LogP contribution in [0, 0.1) is 5.92 Å². The van der Waals surface area contributed by atoms with Gasteiger partial charge < -0.3 is 15.7 Å². The number of nitrogens with zero attached hydrogens (tertiary/aromatic N) is 1. The molecule has 0 aliphatic carbocycles. The Balaban J connectivity index is 2.15. The van der Waals surface area contributed by atoms with Gasteiger partial charge in [0.25, 0.3) is 0 Å². The quantitative estimate of drug-likeness (QED) is 0.809. The van der Waals surface area contributed by atoms with Gasteiger partial charge in [0.15, 0.2) is 0 Å². The number of nitrogens with two attached hydrogens (primary N) is 1. The molecule has 1 saturated heterocycles. The Morgan fingerprint density at radius 2 is 2.05 bits per heavy atom. The molecular weight excluding hydrogens is 240 g/mol. The largest absolute Gasteiger partial charge is 0.399 e. The molecule has 0 saturated carbocycles. The molecule has 0 bridgehead atoms. The molecule has 3 N–H and O–H groups in total. The number of carbonyl (C=O) groups excluding carboxylic acids is 1. The van der Waals surface area contributed by atoms with Crippen LogP contribution in [0.4, 0.5) is 5.69 Å². The molecule has 104 valence electrons. The molecular formula is C15H22N2O2. The third-order valence-electron chi connectivity index (χ3n) is 4.00. The molecule has 0 spiro atoms. The van der Waals surface area contributed by atoms with Gasteiger partial charge in [0.1, 0.15) is 0 Å². The summed E-state index contributed by atoms with van der Waals surface area (Å²) >= 11 is 0. The number of aliphatic hydroxyl groups is 1. The van der Waals surface area contributed by atoms with Gasteiger partial charge in [0, 0.05) is 31.3 Å². The van der Waals surface area contributed by atoms with Gasteiger partial charge in [-0.25, -0.2) is 0 Å². The van der Waals surface area contributed by atoms with Crippen molar-refractivity contribution in [2.75, 3.05) is 25.4 Å². The van der Waals surface area contributed by atoms with Crippen LogP contribution >= 0.6 is 0 Å². The summed E-state index contributed by atoms with van der Waals surface area (Å²) in [5.74, 6) is 0.347. The zero-order chi connectivity index (χ0) is 14.0. The summed E-state index contributed by atoms with van der Waals surface area (Å²) in [6.07, 6.45) is 0.889. The standard InChI is InChI=1S/C15H22N2O2/c1-15(2,12-3-5-13(16)6-4-12)14(19)17-8-7-11(9-17)10-18/h3-6,11,18H,7-10,16H2,1-2H3. The van der Waals surface area contributed by atoms with E-state index in [4.69, 9.17) is 10.8 Å². The Bertz CT molecular complexity index is 454.